The molecule has 1 aromatic heterocycles. The lowest BCUT2D eigenvalue weighted by Crippen LogP contribution is -2.10. The molecule has 1 saturated carbocycles. The van der Waals surface area contributed by atoms with Gasteiger partial charge in [-0.2, -0.15) is 0 Å². The molecule has 1 aromatic rings. The van der Waals surface area contributed by atoms with Gasteiger partial charge in [0.15, 0.2) is 0 Å². The van der Waals surface area contributed by atoms with Crippen LogP contribution >= 0.6 is 22.6 Å². The van der Waals surface area contributed by atoms with Gasteiger partial charge in [0.25, 0.3) is 0 Å². The summed E-state index contributed by atoms with van der Waals surface area (Å²) in [5.41, 5.74) is 0.799. The van der Waals surface area contributed by atoms with Crippen molar-refractivity contribution >= 4 is 28.6 Å². The van der Waals surface area contributed by atoms with Crippen LogP contribution in [0.5, 0.6) is 0 Å². The van der Waals surface area contributed by atoms with Gasteiger partial charge in [-0.1, -0.05) is 13.8 Å². The van der Waals surface area contributed by atoms with Crippen LogP contribution in [0.3, 0.4) is 0 Å². The molecule has 82 valence electrons. The second-order valence-electron chi connectivity index (χ2n) is 4.89. The van der Waals surface area contributed by atoms with E-state index in [4.69, 9.17) is 5.11 Å². The van der Waals surface area contributed by atoms with Crippen LogP contribution in [0.4, 0.5) is 0 Å². The van der Waals surface area contributed by atoms with Crippen LogP contribution in [0, 0.1) is 14.9 Å². The average Bonchev–Trinajstić information content (AvgIpc) is 2.55. The van der Waals surface area contributed by atoms with E-state index in [9.17, 15) is 4.79 Å². The maximum Gasteiger partial charge on any atom is 0.352 e. The zero-order valence-electron chi connectivity index (χ0n) is 8.83. The highest BCUT2D eigenvalue weighted by molar-refractivity contribution is 14.1. The van der Waals surface area contributed by atoms with Crippen LogP contribution in [0.15, 0.2) is 12.3 Å². The van der Waals surface area contributed by atoms with Gasteiger partial charge < -0.3 is 9.67 Å². The monoisotopic (exact) mass is 319 g/mol. The highest BCUT2D eigenvalue weighted by atomic mass is 127. The number of carboxylic acids is 1. The first-order valence-electron chi connectivity index (χ1n) is 4.99. The van der Waals surface area contributed by atoms with Gasteiger partial charge in [-0.05, 0) is 46.4 Å². The zero-order valence-corrected chi connectivity index (χ0v) is 11.0. The van der Waals surface area contributed by atoms with Crippen molar-refractivity contribution in [2.45, 2.75) is 26.8 Å². The number of carbonyl (C=O) groups is 1. The molecule has 1 atom stereocenters. The SMILES string of the molecule is CC1(C)CC1Cn1cc(I)cc1C(=O)O. The van der Waals surface area contributed by atoms with Crippen molar-refractivity contribution in [3.8, 4) is 0 Å². The molecule has 0 bridgehead atoms. The van der Waals surface area contributed by atoms with Crippen LogP contribution < -0.4 is 0 Å². The third-order valence-electron chi connectivity index (χ3n) is 3.22. The van der Waals surface area contributed by atoms with E-state index in [0.29, 0.717) is 17.0 Å². The summed E-state index contributed by atoms with van der Waals surface area (Å²) < 4.78 is 2.85. The highest BCUT2D eigenvalue weighted by Crippen LogP contribution is 2.52. The fourth-order valence-corrected chi connectivity index (χ4v) is 2.56. The third-order valence-corrected chi connectivity index (χ3v) is 3.81. The first-order valence-corrected chi connectivity index (χ1v) is 6.07. The quantitative estimate of drug-likeness (QED) is 0.871. The summed E-state index contributed by atoms with van der Waals surface area (Å²) in [5, 5.41) is 9.02. The fourth-order valence-electron chi connectivity index (χ4n) is 1.93. The number of hydrogen-bond acceptors (Lipinski definition) is 1. The van der Waals surface area contributed by atoms with Crippen molar-refractivity contribution in [3.05, 3.63) is 21.5 Å². The van der Waals surface area contributed by atoms with Gasteiger partial charge in [-0.15, -0.1) is 0 Å². The van der Waals surface area contributed by atoms with Gasteiger partial charge in [-0.25, -0.2) is 4.79 Å². The minimum atomic E-state index is -0.837. The first-order chi connectivity index (χ1) is 6.90. The third kappa shape index (κ3) is 2.19. The lowest BCUT2D eigenvalue weighted by molar-refractivity contribution is 0.0684. The molecular formula is C11H14INO2. The Morgan fingerprint density at radius 1 is 1.73 bits per heavy atom. The molecule has 0 amide bonds. The highest BCUT2D eigenvalue weighted by Gasteiger charge is 2.45. The van der Waals surface area contributed by atoms with Gasteiger partial charge >= 0.3 is 5.97 Å². The number of nitrogens with zero attached hydrogens (tertiary/aromatic N) is 1. The molecule has 1 aliphatic carbocycles. The minimum Gasteiger partial charge on any atom is -0.477 e. The molecule has 15 heavy (non-hydrogen) atoms. The van der Waals surface area contributed by atoms with Crippen LogP contribution in [-0.2, 0) is 6.54 Å². The Morgan fingerprint density at radius 2 is 2.33 bits per heavy atom. The Morgan fingerprint density at radius 3 is 2.80 bits per heavy atom. The van der Waals surface area contributed by atoms with E-state index in [-0.39, 0.29) is 0 Å². The number of aromatic nitrogens is 1. The van der Waals surface area contributed by atoms with Gasteiger partial charge in [0.05, 0.1) is 0 Å². The second kappa shape index (κ2) is 3.50. The standard InChI is InChI=1S/C11H14INO2/c1-11(2)4-7(11)5-13-6-8(12)3-9(13)10(14)15/h3,6-7H,4-5H2,1-2H3,(H,14,15). The molecule has 0 aliphatic heterocycles. The zero-order chi connectivity index (χ0) is 11.2. The number of carboxylic acid groups (broad SMARTS) is 1. The van der Waals surface area contributed by atoms with E-state index >= 15 is 0 Å². The summed E-state index contributed by atoms with van der Waals surface area (Å²) >= 11 is 2.15. The Hall–Kier alpha value is -0.520. The van der Waals surface area contributed by atoms with Crippen LogP contribution in [-0.4, -0.2) is 15.6 Å². The summed E-state index contributed by atoms with van der Waals surface area (Å²) in [5.74, 6) is -0.213. The average molecular weight is 319 g/mol. The van der Waals surface area contributed by atoms with Gasteiger partial charge in [0.2, 0.25) is 0 Å². The van der Waals surface area contributed by atoms with E-state index < -0.39 is 5.97 Å². The Bertz CT molecular complexity index is 409. The normalized spacial score (nSPS) is 22.7. The molecule has 2 rings (SSSR count). The van der Waals surface area contributed by atoms with Gasteiger partial charge in [0, 0.05) is 16.3 Å². The van der Waals surface area contributed by atoms with Crippen LogP contribution in [0.2, 0.25) is 0 Å². The predicted molar refractivity (Wildman–Crippen MR) is 66.0 cm³/mol. The topological polar surface area (TPSA) is 42.2 Å². The first kappa shape index (κ1) is 11.0. The predicted octanol–water partition coefficient (Wildman–Crippen LogP) is 2.84. The molecule has 1 unspecified atom stereocenters. The Labute approximate surface area is 103 Å². The largest absolute Gasteiger partial charge is 0.477 e. The van der Waals surface area contributed by atoms with Crippen molar-refractivity contribution in [2.75, 3.05) is 0 Å². The number of aromatic carboxylic acids is 1. The summed E-state index contributed by atoms with van der Waals surface area (Å²) in [7, 11) is 0. The molecule has 1 aliphatic rings. The minimum absolute atomic E-state index is 0.394. The van der Waals surface area contributed by atoms with E-state index in [1.54, 1.807) is 6.07 Å². The summed E-state index contributed by atoms with van der Waals surface area (Å²) in [6.45, 7) is 5.29. The molecule has 1 heterocycles. The molecule has 1 N–H and O–H groups in total. The number of rotatable bonds is 3. The molecule has 4 heteroatoms. The Balaban J connectivity index is 2.18. The van der Waals surface area contributed by atoms with Crippen LogP contribution in [0.25, 0.3) is 0 Å². The van der Waals surface area contributed by atoms with E-state index in [1.165, 1.54) is 6.42 Å². The molecular weight excluding hydrogens is 305 g/mol. The van der Waals surface area contributed by atoms with Crippen LogP contribution in [0.1, 0.15) is 30.8 Å². The molecule has 0 spiro atoms. The van der Waals surface area contributed by atoms with Crippen molar-refractivity contribution < 1.29 is 9.90 Å². The van der Waals surface area contributed by atoms with E-state index in [1.807, 2.05) is 10.8 Å². The molecule has 1 fully saturated rings. The fraction of sp³-hybridized carbons (Fsp3) is 0.545. The molecule has 0 aromatic carbocycles. The maximum absolute atomic E-state index is 11.0. The maximum atomic E-state index is 11.0. The summed E-state index contributed by atoms with van der Waals surface area (Å²) in [6, 6.07) is 1.72. The van der Waals surface area contributed by atoms with Crippen molar-refractivity contribution in [2.24, 2.45) is 11.3 Å². The van der Waals surface area contributed by atoms with E-state index in [0.717, 1.165) is 10.1 Å². The number of halogens is 1. The second-order valence-corrected chi connectivity index (χ2v) is 6.14. The van der Waals surface area contributed by atoms with Crippen molar-refractivity contribution in [1.82, 2.24) is 4.57 Å². The lowest BCUT2D eigenvalue weighted by atomic mass is 10.1. The summed E-state index contributed by atoms with van der Waals surface area (Å²) in [4.78, 5) is 11.0. The van der Waals surface area contributed by atoms with Gasteiger partial charge in [-0.3, -0.25) is 0 Å². The number of hydrogen-bond donors (Lipinski definition) is 1. The van der Waals surface area contributed by atoms with E-state index in [2.05, 4.69) is 36.4 Å². The summed E-state index contributed by atoms with van der Waals surface area (Å²) in [6.07, 6.45) is 3.11. The molecule has 0 saturated heterocycles. The van der Waals surface area contributed by atoms with Crippen molar-refractivity contribution in [3.63, 3.8) is 0 Å². The molecule has 0 radical (unpaired) electrons. The molecule has 3 nitrogen and oxygen atoms in total. The smallest absolute Gasteiger partial charge is 0.352 e. The van der Waals surface area contributed by atoms with Crippen molar-refractivity contribution in [1.29, 1.82) is 0 Å². The van der Waals surface area contributed by atoms with Gasteiger partial charge in [0.1, 0.15) is 5.69 Å². The lowest BCUT2D eigenvalue weighted by Gasteiger charge is -2.07. The Kier molecular flexibility index (Phi) is 2.56.